The van der Waals surface area contributed by atoms with E-state index in [1.165, 1.54) is 13.2 Å². The first-order valence-corrected chi connectivity index (χ1v) is 5.79. The predicted molar refractivity (Wildman–Crippen MR) is 60.6 cm³/mol. The van der Waals surface area contributed by atoms with Gasteiger partial charge < -0.3 is 24.3 Å². The summed E-state index contributed by atoms with van der Waals surface area (Å²) >= 11 is 0. The van der Waals surface area contributed by atoms with Gasteiger partial charge in [0, 0.05) is 19.2 Å². The number of hydrogen-bond donors (Lipinski definition) is 1. The predicted octanol–water partition coefficient (Wildman–Crippen LogP) is 1.22. The lowest BCUT2D eigenvalue weighted by Gasteiger charge is -2.25. The van der Waals surface area contributed by atoms with Crippen LogP contribution in [0.4, 0.5) is 4.39 Å². The number of methoxy groups -OCH3 is 1. The zero-order valence-electron chi connectivity index (χ0n) is 9.99. The summed E-state index contributed by atoms with van der Waals surface area (Å²) in [4.78, 5) is 0. The van der Waals surface area contributed by atoms with Crippen molar-refractivity contribution in [3.05, 3.63) is 17.4 Å². The molecule has 0 amide bonds. The van der Waals surface area contributed by atoms with E-state index < -0.39 is 5.82 Å². The highest BCUT2D eigenvalue weighted by Crippen LogP contribution is 2.45. The third kappa shape index (κ3) is 1.77. The summed E-state index contributed by atoms with van der Waals surface area (Å²) in [5.41, 5.74) is 0.369. The Morgan fingerprint density at radius 1 is 1.44 bits per heavy atom. The van der Waals surface area contributed by atoms with Crippen molar-refractivity contribution in [1.82, 2.24) is 5.32 Å². The lowest BCUT2D eigenvalue weighted by molar-refractivity contribution is 0.0234. The zero-order valence-corrected chi connectivity index (χ0v) is 9.99. The van der Waals surface area contributed by atoms with Crippen molar-refractivity contribution in [3.8, 4) is 17.2 Å². The maximum Gasteiger partial charge on any atom is 0.231 e. The van der Waals surface area contributed by atoms with Crippen LogP contribution < -0.4 is 19.5 Å². The van der Waals surface area contributed by atoms with E-state index in [1.807, 2.05) is 0 Å². The molecular weight excluding hydrogens is 241 g/mol. The van der Waals surface area contributed by atoms with Gasteiger partial charge in [-0.1, -0.05) is 0 Å². The van der Waals surface area contributed by atoms with E-state index in [2.05, 4.69) is 5.32 Å². The van der Waals surface area contributed by atoms with Gasteiger partial charge in [0.2, 0.25) is 6.79 Å². The van der Waals surface area contributed by atoms with Crippen LogP contribution in [0, 0.1) is 5.82 Å². The highest BCUT2D eigenvalue weighted by molar-refractivity contribution is 5.55. The highest BCUT2D eigenvalue weighted by Gasteiger charge is 2.31. The zero-order chi connectivity index (χ0) is 12.5. The molecule has 5 nitrogen and oxygen atoms in total. The number of fused-ring (bicyclic) bond motifs is 1. The molecule has 1 atom stereocenters. The number of benzene rings is 1. The monoisotopic (exact) mass is 255 g/mol. The lowest BCUT2D eigenvalue weighted by atomic mass is 10.0. The van der Waals surface area contributed by atoms with Gasteiger partial charge in [0.15, 0.2) is 23.1 Å². The number of morpholine rings is 1. The van der Waals surface area contributed by atoms with Gasteiger partial charge in [-0.3, -0.25) is 0 Å². The molecule has 98 valence electrons. The van der Waals surface area contributed by atoms with Crippen molar-refractivity contribution in [1.29, 1.82) is 0 Å². The summed E-state index contributed by atoms with van der Waals surface area (Å²) in [6.45, 7) is 1.94. The Morgan fingerprint density at radius 2 is 2.33 bits per heavy atom. The molecule has 1 saturated heterocycles. The molecule has 2 aliphatic heterocycles. The number of hydrogen-bond acceptors (Lipinski definition) is 5. The van der Waals surface area contributed by atoms with Crippen molar-refractivity contribution in [2.75, 3.05) is 33.6 Å². The summed E-state index contributed by atoms with van der Waals surface area (Å²) in [5.74, 6) is 0.610. The van der Waals surface area contributed by atoms with Crippen LogP contribution in [0.25, 0.3) is 0 Å². The second-order valence-electron chi connectivity index (χ2n) is 4.10. The summed E-state index contributed by atoms with van der Waals surface area (Å²) in [5, 5.41) is 3.16. The Kier molecular flexibility index (Phi) is 2.97. The number of ether oxygens (including phenoxy) is 4. The molecule has 0 radical (unpaired) electrons. The van der Waals surface area contributed by atoms with Crippen molar-refractivity contribution in [3.63, 3.8) is 0 Å². The highest BCUT2D eigenvalue weighted by atomic mass is 19.1. The van der Waals surface area contributed by atoms with E-state index in [0.717, 1.165) is 6.54 Å². The molecule has 6 heteroatoms. The summed E-state index contributed by atoms with van der Waals surface area (Å²) in [6, 6.07) is 1.50. The maximum atomic E-state index is 14.3. The first-order valence-electron chi connectivity index (χ1n) is 5.79. The van der Waals surface area contributed by atoms with Crippen LogP contribution in [0.15, 0.2) is 6.07 Å². The molecule has 0 bridgehead atoms. The van der Waals surface area contributed by atoms with E-state index in [0.29, 0.717) is 30.2 Å². The van der Waals surface area contributed by atoms with Gasteiger partial charge in [0.1, 0.15) is 6.10 Å². The molecule has 18 heavy (non-hydrogen) atoms. The van der Waals surface area contributed by atoms with E-state index in [9.17, 15) is 4.39 Å². The van der Waals surface area contributed by atoms with Gasteiger partial charge in [0.05, 0.1) is 19.3 Å². The van der Waals surface area contributed by atoms with Gasteiger partial charge >= 0.3 is 0 Å². The largest absolute Gasteiger partial charge is 0.494 e. The molecule has 1 fully saturated rings. The minimum absolute atomic E-state index is 0.0924. The number of nitrogens with one attached hydrogen (secondary N) is 1. The van der Waals surface area contributed by atoms with E-state index in [1.54, 1.807) is 0 Å². The van der Waals surface area contributed by atoms with E-state index in [-0.39, 0.29) is 18.6 Å². The molecule has 2 heterocycles. The molecule has 0 aliphatic carbocycles. The molecular formula is C12H14FNO4. The Labute approximate surface area is 104 Å². The van der Waals surface area contributed by atoms with E-state index >= 15 is 0 Å². The van der Waals surface area contributed by atoms with Crippen LogP contribution in [0.5, 0.6) is 17.2 Å². The van der Waals surface area contributed by atoms with Gasteiger partial charge in [0.25, 0.3) is 0 Å². The number of rotatable bonds is 2. The van der Waals surface area contributed by atoms with Crippen LogP contribution in [0.1, 0.15) is 11.7 Å². The SMILES string of the molecule is COc1cc2c(c(C3CNCCO3)c1F)OCO2. The molecule has 3 rings (SSSR count). The van der Waals surface area contributed by atoms with Gasteiger partial charge in [-0.25, -0.2) is 4.39 Å². The lowest BCUT2D eigenvalue weighted by Crippen LogP contribution is -2.34. The fraction of sp³-hybridized carbons (Fsp3) is 0.500. The van der Waals surface area contributed by atoms with Crippen LogP contribution in [0.2, 0.25) is 0 Å². The Bertz CT molecular complexity index is 459. The van der Waals surface area contributed by atoms with Crippen LogP contribution >= 0.6 is 0 Å². The fourth-order valence-electron chi connectivity index (χ4n) is 2.21. The van der Waals surface area contributed by atoms with Crippen molar-refractivity contribution < 1.29 is 23.3 Å². The molecule has 0 aromatic heterocycles. The Hall–Kier alpha value is -1.53. The second kappa shape index (κ2) is 4.62. The molecule has 1 aromatic carbocycles. The van der Waals surface area contributed by atoms with Crippen LogP contribution in [0.3, 0.4) is 0 Å². The smallest absolute Gasteiger partial charge is 0.231 e. The topological polar surface area (TPSA) is 49.0 Å². The van der Waals surface area contributed by atoms with Crippen LogP contribution in [-0.4, -0.2) is 33.6 Å². The van der Waals surface area contributed by atoms with Gasteiger partial charge in [-0.05, 0) is 0 Å². The first-order chi connectivity index (χ1) is 8.81. The average Bonchev–Trinajstić information content (AvgIpc) is 2.86. The van der Waals surface area contributed by atoms with Crippen molar-refractivity contribution in [2.24, 2.45) is 0 Å². The fourth-order valence-corrected chi connectivity index (χ4v) is 2.21. The molecule has 0 spiro atoms. The third-order valence-corrected chi connectivity index (χ3v) is 3.07. The normalized spacial score (nSPS) is 22.0. The maximum absolute atomic E-state index is 14.3. The summed E-state index contributed by atoms with van der Waals surface area (Å²) in [6.07, 6.45) is -0.385. The van der Waals surface area contributed by atoms with Crippen molar-refractivity contribution >= 4 is 0 Å². The molecule has 1 unspecified atom stereocenters. The van der Waals surface area contributed by atoms with Crippen molar-refractivity contribution in [2.45, 2.75) is 6.10 Å². The molecule has 2 aliphatic rings. The summed E-state index contributed by atoms with van der Waals surface area (Å²) < 4.78 is 35.6. The van der Waals surface area contributed by atoms with Crippen LogP contribution in [-0.2, 0) is 4.74 Å². The standard InChI is InChI=1S/C12H14FNO4/c1-15-7-4-8-12(18-6-17-8)10(11(7)13)9-5-14-2-3-16-9/h4,9,14H,2-3,5-6H2,1H3. The minimum atomic E-state index is -0.449. The minimum Gasteiger partial charge on any atom is -0.494 e. The molecule has 1 N–H and O–H groups in total. The van der Waals surface area contributed by atoms with Gasteiger partial charge in [-0.15, -0.1) is 0 Å². The Balaban J connectivity index is 2.07. The Morgan fingerprint density at radius 3 is 3.06 bits per heavy atom. The molecule has 1 aromatic rings. The third-order valence-electron chi connectivity index (χ3n) is 3.07. The number of halogens is 1. The van der Waals surface area contributed by atoms with E-state index in [4.69, 9.17) is 18.9 Å². The average molecular weight is 255 g/mol. The first kappa shape index (κ1) is 11.6. The molecule has 0 saturated carbocycles. The summed E-state index contributed by atoms with van der Waals surface area (Å²) in [7, 11) is 1.42. The quantitative estimate of drug-likeness (QED) is 0.861. The van der Waals surface area contributed by atoms with Gasteiger partial charge in [-0.2, -0.15) is 0 Å². The second-order valence-corrected chi connectivity index (χ2v) is 4.10.